The van der Waals surface area contributed by atoms with Gasteiger partial charge >= 0.3 is 0 Å². The summed E-state index contributed by atoms with van der Waals surface area (Å²) in [5, 5.41) is 3.16. The highest BCUT2D eigenvalue weighted by molar-refractivity contribution is 7.89. The van der Waals surface area contributed by atoms with Crippen molar-refractivity contribution in [3.8, 4) is 0 Å². The molecule has 0 aliphatic heterocycles. The monoisotopic (exact) mass is 380 g/mol. The zero-order valence-electron chi connectivity index (χ0n) is 14.3. The lowest BCUT2D eigenvalue weighted by Gasteiger charge is -2.11. The van der Waals surface area contributed by atoms with E-state index in [4.69, 9.17) is 11.6 Å². The van der Waals surface area contributed by atoms with Crippen molar-refractivity contribution >= 4 is 33.2 Å². The molecular formula is C18H21ClN2O3S. The second-order valence-corrected chi connectivity index (χ2v) is 8.25. The molecule has 0 spiro atoms. The van der Waals surface area contributed by atoms with Gasteiger partial charge in [-0.2, -0.15) is 0 Å². The van der Waals surface area contributed by atoms with Crippen molar-refractivity contribution in [2.75, 3.05) is 5.32 Å². The summed E-state index contributed by atoms with van der Waals surface area (Å²) in [4.78, 5) is 11.8. The molecule has 25 heavy (non-hydrogen) atoms. The van der Waals surface area contributed by atoms with Gasteiger partial charge in [-0.15, -0.1) is 0 Å². The van der Waals surface area contributed by atoms with Gasteiger partial charge in [0.2, 0.25) is 15.9 Å². The minimum absolute atomic E-state index is 0.0649. The van der Waals surface area contributed by atoms with Gasteiger partial charge < -0.3 is 5.32 Å². The molecule has 7 heteroatoms. The zero-order valence-corrected chi connectivity index (χ0v) is 15.9. The van der Waals surface area contributed by atoms with Crippen LogP contribution in [0, 0.1) is 12.8 Å². The van der Waals surface area contributed by atoms with Crippen molar-refractivity contribution in [2.45, 2.75) is 32.2 Å². The van der Waals surface area contributed by atoms with Crippen LogP contribution in [0.3, 0.4) is 0 Å². The molecule has 0 heterocycles. The highest BCUT2D eigenvalue weighted by Crippen LogP contribution is 2.20. The van der Waals surface area contributed by atoms with Crippen LogP contribution in [0.5, 0.6) is 0 Å². The fraction of sp³-hybridized carbons (Fsp3) is 0.278. The predicted molar refractivity (Wildman–Crippen MR) is 100 cm³/mol. The van der Waals surface area contributed by atoms with E-state index in [0.717, 1.165) is 5.56 Å². The molecular weight excluding hydrogens is 360 g/mol. The van der Waals surface area contributed by atoms with Gasteiger partial charge in [-0.1, -0.05) is 43.6 Å². The fourth-order valence-corrected chi connectivity index (χ4v) is 3.64. The average Bonchev–Trinajstić information content (AvgIpc) is 2.56. The fourth-order valence-electron chi connectivity index (χ4n) is 2.11. The molecule has 0 aliphatic carbocycles. The first kappa shape index (κ1) is 19.4. The Bertz CT molecular complexity index is 862. The second kappa shape index (κ2) is 7.99. The minimum Gasteiger partial charge on any atom is -0.326 e. The SMILES string of the molecule is Cc1ccc(Cl)cc1S(=O)(=O)NCc1ccc(NC(=O)C(C)C)cc1. The molecule has 2 aromatic carbocycles. The number of hydrogen-bond acceptors (Lipinski definition) is 3. The van der Waals surface area contributed by atoms with Crippen molar-refractivity contribution in [3.05, 3.63) is 58.6 Å². The van der Waals surface area contributed by atoms with Gasteiger partial charge in [-0.3, -0.25) is 4.79 Å². The number of aryl methyl sites for hydroxylation is 1. The van der Waals surface area contributed by atoms with Crippen molar-refractivity contribution in [3.63, 3.8) is 0 Å². The van der Waals surface area contributed by atoms with E-state index < -0.39 is 10.0 Å². The summed E-state index contributed by atoms with van der Waals surface area (Å²) in [6.07, 6.45) is 0. The first-order valence-corrected chi connectivity index (χ1v) is 9.71. The highest BCUT2D eigenvalue weighted by Gasteiger charge is 2.17. The molecule has 2 N–H and O–H groups in total. The highest BCUT2D eigenvalue weighted by atomic mass is 35.5. The number of sulfonamides is 1. The molecule has 5 nitrogen and oxygen atoms in total. The molecule has 0 bridgehead atoms. The quantitative estimate of drug-likeness (QED) is 0.801. The summed E-state index contributed by atoms with van der Waals surface area (Å²) in [6.45, 7) is 5.50. The van der Waals surface area contributed by atoms with Crippen molar-refractivity contribution in [1.29, 1.82) is 0 Å². The zero-order chi connectivity index (χ0) is 18.6. The van der Waals surface area contributed by atoms with E-state index in [0.29, 0.717) is 16.3 Å². The Morgan fingerprint density at radius 2 is 1.76 bits per heavy atom. The van der Waals surface area contributed by atoms with Crippen LogP contribution in [0.15, 0.2) is 47.4 Å². The number of halogens is 1. The minimum atomic E-state index is -3.66. The Morgan fingerprint density at radius 3 is 2.36 bits per heavy atom. The second-order valence-electron chi connectivity index (χ2n) is 6.08. The van der Waals surface area contributed by atoms with Crippen molar-refractivity contribution in [2.24, 2.45) is 5.92 Å². The number of amides is 1. The summed E-state index contributed by atoms with van der Waals surface area (Å²) < 4.78 is 27.4. The number of benzene rings is 2. The summed E-state index contributed by atoms with van der Waals surface area (Å²) in [5.41, 5.74) is 2.09. The van der Waals surface area contributed by atoms with Gasteiger partial charge in [-0.25, -0.2) is 13.1 Å². The van der Waals surface area contributed by atoms with Gasteiger partial charge in [0.25, 0.3) is 0 Å². The van der Waals surface area contributed by atoms with Gasteiger partial charge in [0.1, 0.15) is 0 Å². The summed E-state index contributed by atoms with van der Waals surface area (Å²) in [6, 6.07) is 11.8. The average molecular weight is 381 g/mol. The van der Waals surface area contributed by atoms with Gasteiger partial charge in [0.05, 0.1) is 4.90 Å². The smallest absolute Gasteiger partial charge is 0.241 e. The lowest BCUT2D eigenvalue weighted by molar-refractivity contribution is -0.118. The number of anilines is 1. The number of rotatable bonds is 6. The van der Waals surface area contributed by atoms with Crippen LogP contribution in [-0.2, 0) is 21.4 Å². The van der Waals surface area contributed by atoms with E-state index in [1.54, 1.807) is 43.3 Å². The van der Waals surface area contributed by atoms with E-state index in [1.807, 2.05) is 13.8 Å². The van der Waals surface area contributed by atoms with Gasteiger partial charge in [0, 0.05) is 23.2 Å². The Labute approximate surface area is 153 Å². The van der Waals surface area contributed by atoms with Crippen LogP contribution in [0.4, 0.5) is 5.69 Å². The Morgan fingerprint density at radius 1 is 1.12 bits per heavy atom. The van der Waals surface area contributed by atoms with E-state index in [-0.39, 0.29) is 23.3 Å². The third kappa shape index (κ3) is 5.29. The molecule has 0 aliphatic rings. The Hall–Kier alpha value is -1.89. The molecule has 0 fully saturated rings. The normalized spacial score (nSPS) is 11.6. The molecule has 0 saturated carbocycles. The number of hydrogen-bond donors (Lipinski definition) is 2. The van der Waals surface area contributed by atoms with Gasteiger partial charge in [-0.05, 0) is 42.3 Å². The first-order chi connectivity index (χ1) is 11.7. The summed E-state index contributed by atoms with van der Waals surface area (Å²) in [5.74, 6) is -0.169. The van der Waals surface area contributed by atoms with E-state index in [9.17, 15) is 13.2 Å². The molecule has 0 saturated heterocycles. The number of carbonyl (C=O) groups is 1. The molecule has 0 aromatic heterocycles. The maximum absolute atomic E-state index is 12.4. The lowest BCUT2D eigenvalue weighted by atomic mass is 10.2. The summed E-state index contributed by atoms with van der Waals surface area (Å²) in [7, 11) is -3.66. The van der Waals surface area contributed by atoms with Crippen LogP contribution in [0.2, 0.25) is 5.02 Å². The summed E-state index contributed by atoms with van der Waals surface area (Å²) >= 11 is 5.89. The van der Waals surface area contributed by atoms with Crippen LogP contribution in [-0.4, -0.2) is 14.3 Å². The topological polar surface area (TPSA) is 75.3 Å². The van der Waals surface area contributed by atoms with Crippen LogP contribution in [0.1, 0.15) is 25.0 Å². The third-order valence-corrected chi connectivity index (χ3v) is 5.43. The Kier molecular flexibility index (Phi) is 6.21. The first-order valence-electron chi connectivity index (χ1n) is 7.84. The maximum atomic E-state index is 12.4. The lowest BCUT2D eigenvalue weighted by Crippen LogP contribution is -2.24. The largest absolute Gasteiger partial charge is 0.326 e. The molecule has 2 rings (SSSR count). The Balaban J connectivity index is 2.05. The van der Waals surface area contributed by atoms with Crippen LogP contribution < -0.4 is 10.0 Å². The van der Waals surface area contributed by atoms with Crippen molar-refractivity contribution < 1.29 is 13.2 Å². The molecule has 1 amide bonds. The standard InChI is InChI=1S/C18H21ClN2O3S/c1-12(2)18(22)21-16-8-5-14(6-9-16)11-20-25(23,24)17-10-15(19)7-4-13(17)3/h4-10,12,20H,11H2,1-3H3,(H,21,22). The van der Waals surface area contributed by atoms with Crippen LogP contribution >= 0.6 is 11.6 Å². The molecule has 0 radical (unpaired) electrons. The maximum Gasteiger partial charge on any atom is 0.241 e. The van der Waals surface area contributed by atoms with Crippen LogP contribution in [0.25, 0.3) is 0 Å². The number of carbonyl (C=O) groups excluding carboxylic acids is 1. The predicted octanol–water partition coefficient (Wildman–Crippen LogP) is 3.72. The molecule has 2 aromatic rings. The van der Waals surface area contributed by atoms with E-state index in [1.165, 1.54) is 6.07 Å². The number of nitrogens with one attached hydrogen (secondary N) is 2. The van der Waals surface area contributed by atoms with E-state index in [2.05, 4.69) is 10.0 Å². The molecule has 0 atom stereocenters. The van der Waals surface area contributed by atoms with E-state index >= 15 is 0 Å². The molecule has 0 unspecified atom stereocenters. The molecule has 134 valence electrons. The third-order valence-electron chi connectivity index (χ3n) is 3.65. The van der Waals surface area contributed by atoms with Crippen molar-refractivity contribution in [1.82, 2.24) is 4.72 Å². The van der Waals surface area contributed by atoms with Gasteiger partial charge in [0.15, 0.2) is 0 Å².